The molecule has 18 heavy (non-hydrogen) atoms. The van der Waals surface area contributed by atoms with Gasteiger partial charge in [-0.3, -0.25) is 4.68 Å². The number of hydrogen-bond donors (Lipinski definition) is 1. The van der Waals surface area contributed by atoms with E-state index in [0.29, 0.717) is 6.04 Å². The van der Waals surface area contributed by atoms with Crippen LogP contribution in [-0.2, 0) is 7.05 Å². The Hall–Kier alpha value is -0.830. The second kappa shape index (κ2) is 3.60. The third-order valence-corrected chi connectivity index (χ3v) is 5.70. The summed E-state index contributed by atoms with van der Waals surface area (Å²) in [5.41, 5.74) is 2.54. The molecule has 0 saturated heterocycles. The molecular weight excluding hydrogens is 222 g/mol. The van der Waals surface area contributed by atoms with Crippen LogP contribution in [0.15, 0.2) is 6.20 Å². The van der Waals surface area contributed by atoms with Crippen LogP contribution in [0.2, 0.25) is 0 Å². The second-order valence-corrected chi connectivity index (χ2v) is 6.75. The summed E-state index contributed by atoms with van der Waals surface area (Å²) in [5.74, 6) is 4.14. The highest BCUT2D eigenvalue weighted by Crippen LogP contribution is 2.65. The van der Waals surface area contributed by atoms with Gasteiger partial charge < -0.3 is 5.32 Å². The summed E-state index contributed by atoms with van der Waals surface area (Å²) in [5, 5.41) is 8.32. The van der Waals surface area contributed by atoms with Crippen molar-refractivity contribution in [3.63, 3.8) is 0 Å². The van der Waals surface area contributed by atoms with Crippen LogP contribution in [0.5, 0.6) is 0 Å². The summed E-state index contributed by atoms with van der Waals surface area (Å²) >= 11 is 0. The van der Waals surface area contributed by atoms with E-state index in [-0.39, 0.29) is 0 Å². The van der Waals surface area contributed by atoms with Crippen molar-refractivity contribution in [1.29, 1.82) is 0 Å². The Labute approximate surface area is 109 Å². The molecule has 1 aromatic rings. The van der Waals surface area contributed by atoms with Crippen LogP contribution in [-0.4, -0.2) is 15.8 Å². The zero-order valence-corrected chi connectivity index (χ0v) is 11.6. The number of hydrogen-bond acceptors (Lipinski definition) is 2. The third-order valence-electron chi connectivity index (χ3n) is 5.70. The summed E-state index contributed by atoms with van der Waals surface area (Å²) in [6.45, 7) is 4.41. The average Bonchev–Trinajstić information content (AvgIpc) is 2.70. The molecule has 3 aliphatic carbocycles. The van der Waals surface area contributed by atoms with E-state index in [1.54, 1.807) is 0 Å². The maximum absolute atomic E-state index is 4.45. The zero-order valence-electron chi connectivity index (χ0n) is 11.6. The van der Waals surface area contributed by atoms with Gasteiger partial charge in [0.25, 0.3) is 0 Å². The van der Waals surface area contributed by atoms with Gasteiger partial charge in [-0.05, 0) is 56.8 Å². The molecule has 0 aromatic carbocycles. The van der Waals surface area contributed by atoms with Crippen molar-refractivity contribution in [2.75, 3.05) is 0 Å². The molecule has 3 fully saturated rings. The van der Waals surface area contributed by atoms with Gasteiger partial charge in [-0.25, -0.2) is 0 Å². The Kier molecular flexibility index (Phi) is 2.20. The van der Waals surface area contributed by atoms with Crippen LogP contribution in [0.1, 0.15) is 43.5 Å². The lowest BCUT2D eigenvalue weighted by molar-refractivity contribution is 0.432. The molecule has 3 nitrogen and oxygen atoms in total. The maximum Gasteiger partial charge on any atom is 0.0641 e. The first kappa shape index (κ1) is 11.0. The first-order valence-electron chi connectivity index (χ1n) is 7.41. The molecule has 0 aliphatic heterocycles. The number of aryl methyl sites for hydroxylation is 2. The Balaban J connectivity index is 1.46. The van der Waals surface area contributed by atoms with E-state index in [2.05, 4.69) is 30.5 Å². The first-order chi connectivity index (χ1) is 8.65. The zero-order chi connectivity index (χ0) is 12.4. The molecule has 0 radical (unpaired) electrons. The van der Waals surface area contributed by atoms with E-state index in [9.17, 15) is 0 Å². The fourth-order valence-corrected chi connectivity index (χ4v) is 4.97. The minimum atomic E-state index is 0.452. The Morgan fingerprint density at radius 1 is 1.33 bits per heavy atom. The van der Waals surface area contributed by atoms with Crippen LogP contribution < -0.4 is 5.32 Å². The molecule has 1 aromatic heterocycles. The molecule has 5 unspecified atom stereocenters. The number of nitrogens with zero attached hydrogens (tertiary/aromatic N) is 2. The van der Waals surface area contributed by atoms with Crippen LogP contribution in [0, 0.1) is 30.6 Å². The summed E-state index contributed by atoms with van der Waals surface area (Å²) in [4.78, 5) is 0. The smallest absolute Gasteiger partial charge is 0.0641 e. The average molecular weight is 245 g/mol. The normalized spacial score (nSPS) is 42.1. The monoisotopic (exact) mass is 245 g/mol. The lowest BCUT2D eigenvalue weighted by Gasteiger charge is -2.16. The van der Waals surface area contributed by atoms with E-state index >= 15 is 0 Å². The van der Waals surface area contributed by atoms with E-state index in [0.717, 1.165) is 29.7 Å². The van der Waals surface area contributed by atoms with Crippen molar-refractivity contribution in [2.24, 2.45) is 30.7 Å². The minimum Gasteiger partial charge on any atom is -0.307 e. The highest BCUT2D eigenvalue weighted by atomic mass is 15.3. The van der Waals surface area contributed by atoms with Crippen LogP contribution in [0.25, 0.3) is 0 Å². The Bertz CT molecular complexity index is 462. The molecule has 0 amide bonds. The second-order valence-electron chi connectivity index (χ2n) is 6.75. The number of rotatable bonds is 3. The molecule has 5 atom stereocenters. The van der Waals surface area contributed by atoms with Gasteiger partial charge in [0.2, 0.25) is 0 Å². The van der Waals surface area contributed by atoms with E-state index in [1.165, 1.54) is 30.5 Å². The predicted molar refractivity (Wildman–Crippen MR) is 71.1 cm³/mol. The van der Waals surface area contributed by atoms with Gasteiger partial charge in [0.05, 0.1) is 5.69 Å². The SMILES string of the molecule is Cc1nn(C)cc1C(C)NC1C2C3CCC(C3)C12. The first-order valence-corrected chi connectivity index (χ1v) is 7.41. The van der Waals surface area contributed by atoms with Crippen molar-refractivity contribution in [3.05, 3.63) is 17.5 Å². The standard InChI is InChI=1S/C15H23N3/c1-8(12-7-18(3)17-9(12)2)16-15-13-10-4-5-11(6-10)14(13)15/h7-8,10-11,13-16H,4-6H2,1-3H3. The van der Waals surface area contributed by atoms with E-state index < -0.39 is 0 Å². The molecule has 1 N–H and O–H groups in total. The van der Waals surface area contributed by atoms with Crippen molar-refractivity contribution in [2.45, 2.75) is 45.2 Å². The molecule has 3 aliphatic rings. The quantitative estimate of drug-likeness (QED) is 0.886. The molecular formula is C15H23N3. The molecule has 3 heteroatoms. The summed E-state index contributed by atoms with van der Waals surface area (Å²) in [7, 11) is 2.01. The molecule has 98 valence electrons. The van der Waals surface area contributed by atoms with Crippen LogP contribution in [0.4, 0.5) is 0 Å². The van der Waals surface area contributed by atoms with E-state index in [4.69, 9.17) is 0 Å². The molecule has 2 bridgehead atoms. The van der Waals surface area contributed by atoms with Crippen LogP contribution in [0.3, 0.4) is 0 Å². The molecule has 4 rings (SSSR count). The summed E-state index contributed by atoms with van der Waals surface area (Å²) in [6, 6.07) is 1.26. The van der Waals surface area contributed by atoms with Crippen molar-refractivity contribution in [1.82, 2.24) is 15.1 Å². The van der Waals surface area contributed by atoms with Gasteiger partial charge in [-0.1, -0.05) is 0 Å². The summed E-state index contributed by atoms with van der Waals surface area (Å²) in [6.07, 6.45) is 6.71. The van der Waals surface area contributed by atoms with Crippen molar-refractivity contribution < 1.29 is 0 Å². The van der Waals surface area contributed by atoms with Gasteiger partial charge in [-0.2, -0.15) is 5.10 Å². The van der Waals surface area contributed by atoms with Gasteiger partial charge in [0, 0.05) is 30.9 Å². The lowest BCUT2D eigenvalue weighted by Crippen LogP contribution is -2.26. The van der Waals surface area contributed by atoms with Gasteiger partial charge in [-0.15, -0.1) is 0 Å². The van der Waals surface area contributed by atoms with E-state index in [1.807, 2.05) is 11.7 Å². The van der Waals surface area contributed by atoms with Crippen molar-refractivity contribution in [3.8, 4) is 0 Å². The largest absolute Gasteiger partial charge is 0.307 e. The minimum absolute atomic E-state index is 0.452. The third kappa shape index (κ3) is 1.43. The number of nitrogens with one attached hydrogen (secondary N) is 1. The summed E-state index contributed by atoms with van der Waals surface area (Å²) < 4.78 is 1.93. The number of aromatic nitrogens is 2. The highest BCUT2D eigenvalue weighted by molar-refractivity contribution is 5.23. The lowest BCUT2D eigenvalue weighted by atomic mass is 10.0. The molecule has 1 heterocycles. The fraction of sp³-hybridized carbons (Fsp3) is 0.800. The van der Waals surface area contributed by atoms with Crippen LogP contribution >= 0.6 is 0 Å². The topological polar surface area (TPSA) is 29.9 Å². The Morgan fingerprint density at radius 2 is 2.00 bits per heavy atom. The number of fused-ring (bicyclic) bond motifs is 5. The van der Waals surface area contributed by atoms with Gasteiger partial charge >= 0.3 is 0 Å². The molecule has 0 spiro atoms. The Morgan fingerprint density at radius 3 is 2.56 bits per heavy atom. The highest BCUT2D eigenvalue weighted by Gasteiger charge is 2.64. The fourth-order valence-electron chi connectivity index (χ4n) is 4.97. The maximum atomic E-state index is 4.45. The van der Waals surface area contributed by atoms with Gasteiger partial charge in [0.15, 0.2) is 0 Å². The van der Waals surface area contributed by atoms with Gasteiger partial charge in [0.1, 0.15) is 0 Å². The van der Waals surface area contributed by atoms with Crippen molar-refractivity contribution >= 4 is 0 Å². The predicted octanol–water partition coefficient (Wildman–Crippen LogP) is 2.42. The molecule has 3 saturated carbocycles.